The third-order valence-electron chi connectivity index (χ3n) is 3.39. The third kappa shape index (κ3) is 3.64. The Labute approximate surface area is 145 Å². The highest BCUT2D eigenvalue weighted by molar-refractivity contribution is 14.1. The summed E-state index contributed by atoms with van der Waals surface area (Å²) >= 11 is 5.72. The van der Waals surface area contributed by atoms with Crippen LogP contribution in [0.1, 0.15) is 29.9 Å². The van der Waals surface area contributed by atoms with E-state index in [-0.39, 0.29) is 11.9 Å². The van der Waals surface area contributed by atoms with E-state index in [0.29, 0.717) is 6.42 Å². The van der Waals surface area contributed by atoms with Crippen molar-refractivity contribution in [3.63, 3.8) is 0 Å². The summed E-state index contributed by atoms with van der Waals surface area (Å²) in [5, 5.41) is 4.49. The molecule has 0 radical (unpaired) electrons. The van der Waals surface area contributed by atoms with Gasteiger partial charge in [0.15, 0.2) is 0 Å². The fourth-order valence-corrected chi connectivity index (χ4v) is 3.60. The van der Waals surface area contributed by atoms with Crippen molar-refractivity contribution in [2.75, 3.05) is 0 Å². The Morgan fingerprint density at radius 3 is 2.81 bits per heavy atom. The molecule has 0 amide bonds. The molecule has 1 aromatic heterocycles. The fourth-order valence-electron chi connectivity index (χ4n) is 2.30. The van der Waals surface area contributed by atoms with Crippen LogP contribution in [0.5, 0.6) is 0 Å². The molecule has 0 spiro atoms. The summed E-state index contributed by atoms with van der Waals surface area (Å²) in [5.74, 6) is 5.47. The van der Waals surface area contributed by atoms with Gasteiger partial charge in [-0.15, -0.1) is 0 Å². The lowest BCUT2D eigenvalue weighted by Crippen LogP contribution is -2.31. The normalized spacial score (nSPS) is 12.7. The Bertz CT molecular complexity index is 644. The number of nitrogens with two attached hydrogens (primary N) is 1. The molecule has 2 aromatic rings. The van der Waals surface area contributed by atoms with Gasteiger partial charge in [0.05, 0.1) is 21.9 Å². The maximum absolute atomic E-state index is 13.2. The first-order valence-electron chi connectivity index (χ1n) is 6.60. The minimum absolute atomic E-state index is 0.102. The molecule has 114 valence electrons. The van der Waals surface area contributed by atoms with Gasteiger partial charge >= 0.3 is 0 Å². The zero-order valence-corrected chi connectivity index (χ0v) is 15.6. The molecule has 0 saturated carbocycles. The van der Waals surface area contributed by atoms with Crippen LogP contribution >= 0.6 is 38.5 Å². The summed E-state index contributed by atoms with van der Waals surface area (Å²) in [5.41, 5.74) is 5.84. The summed E-state index contributed by atoms with van der Waals surface area (Å²) in [6, 6.07) is 4.64. The van der Waals surface area contributed by atoms with E-state index in [4.69, 9.17) is 5.84 Å². The molecule has 3 N–H and O–H groups in total. The van der Waals surface area contributed by atoms with Crippen LogP contribution in [0, 0.1) is 16.3 Å². The molecule has 0 aliphatic carbocycles. The van der Waals surface area contributed by atoms with Crippen LogP contribution < -0.4 is 11.3 Å². The lowest BCUT2D eigenvalue weighted by atomic mass is 10.0. The molecular formula is C14H17BrFIN4. The van der Waals surface area contributed by atoms with E-state index in [1.54, 1.807) is 6.07 Å². The van der Waals surface area contributed by atoms with Crippen molar-refractivity contribution in [1.29, 1.82) is 0 Å². The maximum Gasteiger partial charge on any atom is 0.124 e. The van der Waals surface area contributed by atoms with Crippen LogP contribution in [0.15, 0.2) is 22.7 Å². The van der Waals surface area contributed by atoms with Gasteiger partial charge in [-0.3, -0.25) is 16.0 Å². The van der Waals surface area contributed by atoms with Gasteiger partial charge in [0.1, 0.15) is 5.82 Å². The van der Waals surface area contributed by atoms with Gasteiger partial charge < -0.3 is 0 Å². The predicted molar refractivity (Wildman–Crippen MR) is 93.2 cm³/mol. The Hall–Kier alpha value is -0.510. The van der Waals surface area contributed by atoms with Gasteiger partial charge in [0.25, 0.3) is 0 Å². The average Bonchev–Trinajstić information content (AvgIpc) is 2.72. The summed E-state index contributed by atoms with van der Waals surface area (Å²) in [7, 11) is 0. The van der Waals surface area contributed by atoms with Gasteiger partial charge in [0.2, 0.25) is 0 Å². The van der Waals surface area contributed by atoms with E-state index in [1.807, 2.05) is 11.6 Å². The molecule has 7 heteroatoms. The van der Waals surface area contributed by atoms with Crippen LogP contribution in [0.2, 0.25) is 0 Å². The van der Waals surface area contributed by atoms with Crippen molar-refractivity contribution in [1.82, 2.24) is 15.2 Å². The maximum atomic E-state index is 13.2. The van der Waals surface area contributed by atoms with E-state index in [2.05, 4.69) is 56.0 Å². The number of halogens is 3. The number of hydrazine groups is 1. The number of aromatic nitrogens is 2. The van der Waals surface area contributed by atoms with E-state index in [1.165, 1.54) is 12.1 Å². The van der Waals surface area contributed by atoms with Crippen LogP contribution in [-0.4, -0.2) is 9.78 Å². The lowest BCUT2D eigenvalue weighted by Gasteiger charge is -2.19. The van der Waals surface area contributed by atoms with Gasteiger partial charge in [0, 0.05) is 16.5 Å². The first-order valence-corrected chi connectivity index (χ1v) is 8.48. The average molecular weight is 467 g/mol. The van der Waals surface area contributed by atoms with Crippen molar-refractivity contribution in [2.24, 2.45) is 5.84 Å². The monoisotopic (exact) mass is 466 g/mol. The summed E-state index contributed by atoms with van der Waals surface area (Å²) in [6.45, 7) is 4.81. The Morgan fingerprint density at radius 2 is 2.24 bits per heavy atom. The largest absolute Gasteiger partial charge is 0.271 e. The Morgan fingerprint density at radius 1 is 1.52 bits per heavy atom. The highest BCUT2D eigenvalue weighted by Crippen LogP contribution is 2.28. The summed E-state index contributed by atoms with van der Waals surface area (Å²) < 4.78 is 17.1. The third-order valence-corrected chi connectivity index (χ3v) is 5.36. The van der Waals surface area contributed by atoms with Crippen LogP contribution in [0.3, 0.4) is 0 Å². The summed E-state index contributed by atoms with van der Waals surface area (Å²) in [4.78, 5) is 0. The van der Waals surface area contributed by atoms with E-state index < -0.39 is 0 Å². The van der Waals surface area contributed by atoms with Crippen LogP contribution in [-0.2, 0) is 13.0 Å². The molecule has 1 unspecified atom stereocenters. The molecule has 1 aromatic carbocycles. The quantitative estimate of drug-likeness (QED) is 0.403. The number of hydrogen-bond acceptors (Lipinski definition) is 3. The SMILES string of the molecule is CCn1nc(C)c(Br)c1CC(NN)c1ccc(F)cc1I. The molecule has 1 atom stereocenters. The number of nitrogens with one attached hydrogen (secondary N) is 1. The number of benzene rings is 1. The zero-order valence-electron chi connectivity index (χ0n) is 11.8. The molecule has 2 rings (SSSR count). The second-order valence-electron chi connectivity index (χ2n) is 4.75. The number of aryl methyl sites for hydroxylation is 2. The van der Waals surface area contributed by atoms with Crippen molar-refractivity contribution in [3.8, 4) is 0 Å². The summed E-state index contributed by atoms with van der Waals surface area (Å²) in [6.07, 6.45) is 0.674. The van der Waals surface area contributed by atoms with Gasteiger partial charge in [-0.2, -0.15) is 5.10 Å². The Balaban J connectivity index is 2.35. The molecule has 4 nitrogen and oxygen atoms in total. The molecular weight excluding hydrogens is 450 g/mol. The second-order valence-corrected chi connectivity index (χ2v) is 6.71. The number of nitrogens with zero attached hydrogens (tertiary/aromatic N) is 2. The van der Waals surface area contributed by atoms with Crippen molar-refractivity contribution in [3.05, 3.63) is 49.0 Å². The van der Waals surface area contributed by atoms with Gasteiger partial charge in [-0.25, -0.2) is 4.39 Å². The van der Waals surface area contributed by atoms with E-state index >= 15 is 0 Å². The standard InChI is InChI=1S/C14H17BrFIN4/c1-3-21-13(14(15)8(2)20-21)7-12(19-18)10-5-4-9(16)6-11(10)17/h4-6,12,19H,3,7,18H2,1-2H3. The molecule has 21 heavy (non-hydrogen) atoms. The first-order chi connectivity index (χ1) is 9.97. The highest BCUT2D eigenvalue weighted by Gasteiger charge is 2.20. The predicted octanol–water partition coefficient (Wildman–Crippen LogP) is 3.46. The smallest absolute Gasteiger partial charge is 0.124 e. The minimum atomic E-state index is -0.241. The zero-order chi connectivity index (χ0) is 15.6. The van der Waals surface area contributed by atoms with Crippen molar-refractivity contribution in [2.45, 2.75) is 32.9 Å². The van der Waals surface area contributed by atoms with Gasteiger partial charge in [-0.05, 0) is 70.1 Å². The molecule has 1 heterocycles. The van der Waals surface area contributed by atoms with Gasteiger partial charge in [-0.1, -0.05) is 6.07 Å². The number of hydrogen-bond donors (Lipinski definition) is 2. The highest BCUT2D eigenvalue weighted by atomic mass is 127. The fraction of sp³-hybridized carbons (Fsp3) is 0.357. The molecule has 0 aliphatic rings. The first kappa shape index (κ1) is 16.9. The molecule has 0 aliphatic heterocycles. The van der Waals surface area contributed by atoms with Crippen molar-refractivity contribution < 1.29 is 4.39 Å². The van der Waals surface area contributed by atoms with Crippen LogP contribution in [0.25, 0.3) is 0 Å². The number of rotatable bonds is 5. The molecule has 0 bridgehead atoms. The second kappa shape index (κ2) is 7.17. The van der Waals surface area contributed by atoms with E-state index in [0.717, 1.165) is 31.5 Å². The van der Waals surface area contributed by atoms with Crippen molar-refractivity contribution >= 4 is 38.5 Å². The lowest BCUT2D eigenvalue weighted by molar-refractivity contribution is 0.513. The molecule has 0 fully saturated rings. The van der Waals surface area contributed by atoms with E-state index in [9.17, 15) is 4.39 Å². The topological polar surface area (TPSA) is 55.9 Å². The minimum Gasteiger partial charge on any atom is -0.271 e. The van der Waals surface area contributed by atoms with Crippen LogP contribution in [0.4, 0.5) is 4.39 Å². The Kier molecular flexibility index (Phi) is 5.75. The molecule has 0 saturated heterocycles.